The van der Waals surface area contributed by atoms with Crippen molar-refractivity contribution in [1.82, 2.24) is 4.98 Å². The van der Waals surface area contributed by atoms with Crippen LogP contribution >= 0.6 is 11.3 Å². The van der Waals surface area contributed by atoms with Crippen LogP contribution < -0.4 is 5.32 Å². The summed E-state index contributed by atoms with van der Waals surface area (Å²) in [6.45, 7) is 1.82. The molecule has 0 atom stereocenters. The van der Waals surface area contributed by atoms with Gasteiger partial charge in [0, 0.05) is 17.3 Å². The minimum Gasteiger partial charge on any atom is -0.322 e. The van der Waals surface area contributed by atoms with Crippen molar-refractivity contribution in [3.8, 4) is 10.6 Å². The molecule has 146 valence electrons. The van der Waals surface area contributed by atoms with Gasteiger partial charge in [-0.15, -0.1) is 11.3 Å². The average Bonchev–Trinajstić information content (AvgIpc) is 3.22. The van der Waals surface area contributed by atoms with E-state index in [2.05, 4.69) is 10.3 Å². The Bertz CT molecular complexity index is 1330. The number of hydrogen-bond donors (Lipinski definition) is 1. The van der Waals surface area contributed by atoms with Crippen LogP contribution in [0.5, 0.6) is 0 Å². The lowest BCUT2D eigenvalue weighted by molar-refractivity contribution is 0.102. The minimum atomic E-state index is -3.37. The normalized spacial score (nSPS) is 11.5. The molecule has 0 aliphatic heterocycles. The van der Waals surface area contributed by atoms with Crippen LogP contribution in [-0.2, 0) is 9.84 Å². The second-order valence-corrected chi connectivity index (χ2v) is 9.72. The minimum absolute atomic E-state index is 0.164. The van der Waals surface area contributed by atoms with Crippen molar-refractivity contribution in [2.75, 3.05) is 11.6 Å². The first-order valence-electron chi connectivity index (χ1n) is 8.88. The number of fused-ring (bicyclic) bond motifs is 1. The van der Waals surface area contributed by atoms with Crippen molar-refractivity contribution >= 4 is 43.7 Å². The van der Waals surface area contributed by atoms with Gasteiger partial charge < -0.3 is 5.32 Å². The van der Waals surface area contributed by atoms with Gasteiger partial charge in [-0.2, -0.15) is 0 Å². The fourth-order valence-corrected chi connectivity index (χ4v) is 4.40. The fourth-order valence-electron chi connectivity index (χ4n) is 3.07. The van der Waals surface area contributed by atoms with Gasteiger partial charge in [0.25, 0.3) is 5.91 Å². The van der Waals surface area contributed by atoms with Crippen molar-refractivity contribution in [2.45, 2.75) is 11.8 Å². The van der Waals surface area contributed by atoms with Crippen molar-refractivity contribution in [1.29, 1.82) is 0 Å². The largest absolute Gasteiger partial charge is 0.322 e. The number of pyridine rings is 1. The molecular weight excluding hydrogens is 404 g/mol. The van der Waals surface area contributed by atoms with Crippen LogP contribution in [0.1, 0.15) is 15.9 Å². The summed E-state index contributed by atoms with van der Waals surface area (Å²) in [5, 5.41) is 5.58. The van der Waals surface area contributed by atoms with Gasteiger partial charge in [0.2, 0.25) is 0 Å². The van der Waals surface area contributed by atoms with E-state index in [9.17, 15) is 13.2 Å². The molecule has 4 rings (SSSR count). The van der Waals surface area contributed by atoms with E-state index in [1.165, 1.54) is 12.1 Å². The van der Waals surface area contributed by atoms with Crippen molar-refractivity contribution < 1.29 is 13.2 Å². The first kappa shape index (κ1) is 19.3. The lowest BCUT2D eigenvalue weighted by Crippen LogP contribution is -2.14. The van der Waals surface area contributed by atoms with Gasteiger partial charge in [-0.1, -0.05) is 30.3 Å². The second-order valence-electron chi connectivity index (χ2n) is 6.75. The van der Waals surface area contributed by atoms with Gasteiger partial charge in [-0.25, -0.2) is 13.4 Å². The van der Waals surface area contributed by atoms with Crippen LogP contribution in [0, 0.1) is 6.92 Å². The Balaban J connectivity index is 1.80. The number of para-hydroxylation sites is 1. The molecule has 0 aliphatic carbocycles. The van der Waals surface area contributed by atoms with Crippen LogP contribution in [0.3, 0.4) is 0 Å². The Kier molecular flexibility index (Phi) is 4.94. The molecule has 0 fully saturated rings. The maximum absolute atomic E-state index is 13.2. The van der Waals surface area contributed by atoms with E-state index in [1.54, 1.807) is 23.5 Å². The third kappa shape index (κ3) is 3.92. The summed E-state index contributed by atoms with van der Waals surface area (Å²) in [6.07, 6.45) is 1.15. The molecule has 0 saturated carbocycles. The third-order valence-corrected chi connectivity index (χ3v) is 6.62. The molecule has 2 aromatic carbocycles. The van der Waals surface area contributed by atoms with Crippen LogP contribution in [0.15, 0.2) is 70.9 Å². The summed E-state index contributed by atoms with van der Waals surface area (Å²) < 4.78 is 23.8. The number of nitrogens with zero attached hydrogens (tertiary/aromatic N) is 1. The Morgan fingerprint density at radius 1 is 1.03 bits per heavy atom. The molecular formula is C22H18N2O3S2. The molecule has 0 radical (unpaired) electrons. The molecule has 0 saturated heterocycles. The van der Waals surface area contributed by atoms with E-state index in [0.717, 1.165) is 33.3 Å². The van der Waals surface area contributed by atoms with Crippen molar-refractivity contribution in [3.05, 3.63) is 77.2 Å². The Morgan fingerprint density at radius 2 is 1.83 bits per heavy atom. The second kappa shape index (κ2) is 7.42. The number of rotatable bonds is 4. The van der Waals surface area contributed by atoms with Crippen molar-refractivity contribution in [2.24, 2.45) is 0 Å². The molecule has 0 unspecified atom stereocenters. The number of carbonyl (C=O) groups excluding carboxylic acids is 1. The van der Waals surface area contributed by atoms with Crippen LogP contribution in [-0.4, -0.2) is 25.6 Å². The van der Waals surface area contributed by atoms with Gasteiger partial charge in [0.1, 0.15) is 0 Å². The van der Waals surface area contributed by atoms with E-state index >= 15 is 0 Å². The lowest BCUT2D eigenvalue weighted by atomic mass is 10.1. The highest BCUT2D eigenvalue weighted by molar-refractivity contribution is 7.90. The van der Waals surface area contributed by atoms with Gasteiger partial charge >= 0.3 is 0 Å². The molecule has 0 bridgehead atoms. The molecule has 2 heterocycles. The molecule has 0 aliphatic rings. The number of thiophene rings is 1. The summed E-state index contributed by atoms with van der Waals surface area (Å²) in [5.74, 6) is -0.310. The summed E-state index contributed by atoms with van der Waals surface area (Å²) in [6, 6.07) is 17.9. The number of sulfone groups is 1. The van der Waals surface area contributed by atoms with Gasteiger partial charge in [0.15, 0.2) is 9.84 Å². The van der Waals surface area contributed by atoms with E-state index in [-0.39, 0.29) is 10.8 Å². The van der Waals surface area contributed by atoms with Gasteiger partial charge in [-0.05, 0) is 48.2 Å². The van der Waals surface area contributed by atoms with E-state index < -0.39 is 9.84 Å². The standard InChI is InChI=1S/C22H18N2O3S2/c1-14-9-10-15(29(2,26)27)12-19(14)24-22(25)17-13-20(21-8-5-11-28-21)23-18-7-4-3-6-16(17)18/h3-13H,1-2H3,(H,24,25). The zero-order valence-electron chi connectivity index (χ0n) is 15.8. The van der Waals surface area contributed by atoms with E-state index in [0.29, 0.717) is 11.3 Å². The predicted octanol–water partition coefficient (Wildman–Crippen LogP) is 4.93. The topological polar surface area (TPSA) is 76.1 Å². The highest BCUT2D eigenvalue weighted by Crippen LogP contribution is 2.29. The molecule has 4 aromatic rings. The zero-order chi connectivity index (χ0) is 20.6. The summed E-state index contributed by atoms with van der Waals surface area (Å²) >= 11 is 1.56. The quantitative estimate of drug-likeness (QED) is 0.506. The number of hydrogen-bond acceptors (Lipinski definition) is 5. The Labute approximate surface area is 173 Å². The SMILES string of the molecule is Cc1ccc(S(C)(=O)=O)cc1NC(=O)c1cc(-c2cccs2)nc2ccccc12. The van der Waals surface area contributed by atoms with Gasteiger partial charge in [0.05, 0.1) is 26.5 Å². The number of nitrogens with one attached hydrogen (secondary N) is 1. The number of amides is 1. The van der Waals surface area contributed by atoms with Gasteiger partial charge in [-0.3, -0.25) is 4.79 Å². The highest BCUT2D eigenvalue weighted by Gasteiger charge is 2.16. The smallest absolute Gasteiger partial charge is 0.256 e. The maximum atomic E-state index is 13.2. The number of anilines is 1. The molecule has 29 heavy (non-hydrogen) atoms. The van der Waals surface area contributed by atoms with Crippen LogP contribution in [0.2, 0.25) is 0 Å². The number of aryl methyl sites for hydroxylation is 1. The fraction of sp³-hybridized carbons (Fsp3) is 0.0909. The molecule has 7 heteroatoms. The summed E-state index contributed by atoms with van der Waals surface area (Å²) in [4.78, 5) is 19.0. The summed E-state index contributed by atoms with van der Waals surface area (Å²) in [5.41, 5.74) is 3.19. The molecule has 1 amide bonds. The average molecular weight is 423 g/mol. The Morgan fingerprint density at radius 3 is 2.55 bits per heavy atom. The van der Waals surface area contributed by atoms with Crippen LogP contribution in [0.25, 0.3) is 21.5 Å². The molecule has 0 spiro atoms. The highest BCUT2D eigenvalue weighted by atomic mass is 32.2. The number of aromatic nitrogens is 1. The monoisotopic (exact) mass is 422 g/mol. The first-order valence-corrected chi connectivity index (χ1v) is 11.7. The van der Waals surface area contributed by atoms with Crippen molar-refractivity contribution in [3.63, 3.8) is 0 Å². The van der Waals surface area contributed by atoms with Crippen LogP contribution in [0.4, 0.5) is 5.69 Å². The first-order chi connectivity index (χ1) is 13.8. The number of benzene rings is 2. The number of carbonyl (C=O) groups is 1. The molecule has 5 nitrogen and oxygen atoms in total. The Hall–Kier alpha value is -3.03. The predicted molar refractivity (Wildman–Crippen MR) is 117 cm³/mol. The van der Waals surface area contributed by atoms with E-state index in [4.69, 9.17) is 0 Å². The molecule has 1 N–H and O–H groups in total. The third-order valence-electron chi connectivity index (χ3n) is 4.62. The molecule has 2 aromatic heterocycles. The van der Waals surface area contributed by atoms with E-state index in [1.807, 2.05) is 48.7 Å². The summed E-state index contributed by atoms with van der Waals surface area (Å²) in [7, 11) is -3.37. The lowest BCUT2D eigenvalue weighted by Gasteiger charge is -2.12. The zero-order valence-corrected chi connectivity index (χ0v) is 17.5. The maximum Gasteiger partial charge on any atom is 0.256 e.